The molecule has 0 fully saturated rings. The number of aryl methyl sites for hydroxylation is 1. The lowest BCUT2D eigenvalue weighted by molar-refractivity contribution is -0.120. The summed E-state index contributed by atoms with van der Waals surface area (Å²) in [5.41, 5.74) is 3.48. The monoisotopic (exact) mass is 501 g/mol. The smallest absolute Gasteiger partial charge is 0.244 e. The maximum atomic E-state index is 13.1. The Morgan fingerprint density at radius 2 is 2.03 bits per heavy atom. The number of carbonyl (C=O) groups excluding carboxylic acids is 2. The number of nitrogens with zero attached hydrogens (tertiary/aromatic N) is 2. The molecule has 2 heterocycles. The molecular weight excluding hydrogens is 486 g/mol. The molecule has 0 aliphatic carbocycles. The van der Waals surface area contributed by atoms with Crippen molar-refractivity contribution in [3.8, 4) is 0 Å². The highest BCUT2D eigenvalue weighted by Gasteiger charge is 2.27. The van der Waals surface area contributed by atoms with Gasteiger partial charge < -0.3 is 10.2 Å². The second kappa shape index (κ2) is 8.71. The summed E-state index contributed by atoms with van der Waals surface area (Å²) in [6.07, 6.45) is 0.116. The number of hydrogen-bond donors (Lipinski definition) is 1. The Bertz CT molecular complexity index is 1170. The van der Waals surface area contributed by atoms with Crippen molar-refractivity contribution in [3.05, 3.63) is 73.8 Å². The van der Waals surface area contributed by atoms with Gasteiger partial charge in [0.2, 0.25) is 11.8 Å². The zero-order valence-electron chi connectivity index (χ0n) is 16.0. The molecule has 30 heavy (non-hydrogen) atoms. The van der Waals surface area contributed by atoms with Crippen LogP contribution in [0.3, 0.4) is 0 Å². The number of anilines is 2. The predicted octanol–water partition coefficient (Wildman–Crippen LogP) is 5.97. The summed E-state index contributed by atoms with van der Waals surface area (Å²) < 4.78 is 0.971. The number of fused-ring (bicyclic) bond motifs is 1. The van der Waals surface area contributed by atoms with E-state index in [1.54, 1.807) is 18.2 Å². The van der Waals surface area contributed by atoms with Gasteiger partial charge in [0, 0.05) is 10.7 Å². The standard InChI is InChI=1S/C22H17BrClN3O2S/c1-13-6-7-14(10-15(13)24)25-21(28)12-27-18-5-3-2-4-16(18)26-17(11-22(27)29)19-8-9-20(23)30-19/h2-10H,11-12H2,1H3,(H,25,28). The molecule has 4 rings (SSSR count). The number of hydrogen-bond acceptors (Lipinski definition) is 4. The number of para-hydroxylation sites is 2. The highest BCUT2D eigenvalue weighted by molar-refractivity contribution is 9.11. The van der Waals surface area contributed by atoms with E-state index in [0.29, 0.717) is 27.8 Å². The average molecular weight is 503 g/mol. The number of benzene rings is 2. The first kappa shape index (κ1) is 20.8. The fourth-order valence-electron chi connectivity index (χ4n) is 3.14. The van der Waals surface area contributed by atoms with Gasteiger partial charge in [-0.25, -0.2) is 4.99 Å². The zero-order chi connectivity index (χ0) is 21.3. The summed E-state index contributed by atoms with van der Waals surface area (Å²) in [5, 5.41) is 3.39. The molecule has 1 aliphatic heterocycles. The Kier molecular flexibility index (Phi) is 6.04. The number of nitrogens with one attached hydrogen (secondary N) is 1. The van der Waals surface area contributed by atoms with E-state index in [0.717, 1.165) is 14.2 Å². The Morgan fingerprint density at radius 1 is 1.23 bits per heavy atom. The second-order valence-corrected chi connectivity index (χ2v) is 9.69. The van der Waals surface area contributed by atoms with Crippen LogP contribution in [0.15, 0.2) is 63.4 Å². The van der Waals surface area contributed by atoms with E-state index >= 15 is 0 Å². The SMILES string of the molecule is Cc1ccc(NC(=O)CN2C(=O)CC(c3ccc(Br)s3)=Nc3ccccc32)cc1Cl. The molecule has 0 saturated heterocycles. The number of rotatable bonds is 4. The quantitative estimate of drug-likeness (QED) is 0.478. The first-order valence-electron chi connectivity index (χ1n) is 9.19. The molecule has 1 N–H and O–H groups in total. The van der Waals surface area contributed by atoms with Crippen LogP contribution in [0.1, 0.15) is 16.9 Å². The lowest BCUT2D eigenvalue weighted by Gasteiger charge is -2.22. The minimum absolute atomic E-state index is 0.113. The van der Waals surface area contributed by atoms with Crippen LogP contribution < -0.4 is 10.2 Å². The average Bonchev–Trinajstić information content (AvgIpc) is 3.09. The highest BCUT2D eigenvalue weighted by atomic mass is 79.9. The van der Waals surface area contributed by atoms with E-state index in [9.17, 15) is 9.59 Å². The first-order chi connectivity index (χ1) is 14.4. The van der Waals surface area contributed by atoms with Gasteiger partial charge in [-0.1, -0.05) is 29.8 Å². The van der Waals surface area contributed by atoms with E-state index in [1.165, 1.54) is 16.2 Å². The summed E-state index contributed by atoms with van der Waals surface area (Å²) in [4.78, 5) is 32.9. The predicted molar refractivity (Wildman–Crippen MR) is 126 cm³/mol. The summed E-state index contributed by atoms with van der Waals surface area (Å²) >= 11 is 11.1. The molecule has 1 aromatic heterocycles. The lowest BCUT2D eigenvalue weighted by Crippen LogP contribution is -2.38. The van der Waals surface area contributed by atoms with E-state index in [2.05, 4.69) is 21.2 Å². The van der Waals surface area contributed by atoms with Crippen molar-refractivity contribution in [2.75, 3.05) is 16.8 Å². The van der Waals surface area contributed by atoms with Crippen molar-refractivity contribution in [1.82, 2.24) is 0 Å². The van der Waals surface area contributed by atoms with Crippen LogP contribution in [0.2, 0.25) is 5.02 Å². The third-order valence-electron chi connectivity index (χ3n) is 4.66. The molecule has 5 nitrogen and oxygen atoms in total. The molecule has 8 heteroatoms. The van der Waals surface area contributed by atoms with Crippen molar-refractivity contribution in [2.24, 2.45) is 4.99 Å². The molecule has 1 aliphatic rings. The number of thiophene rings is 1. The van der Waals surface area contributed by atoms with E-state index in [-0.39, 0.29) is 24.8 Å². The van der Waals surface area contributed by atoms with Crippen LogP contribution in [0.25, 0.3) is 0 Å². The topological polar surface area (TPSA) is 61.8 Å². The van der Waals surface area contributed by atoms with Gasteiger partial charge in [-0.3, -0.25) is 9.59 Å². The first-order valence-corrected chi connectivity index (χ1v) is 11.2. The molecule has 0 spiro atoms. The fourth-order valence-corrected chi connectivity index (χ4v) is 4.70. The Hall–Kier alpha value is -2.48. The summed E-state index contributed by atoms with van der Waals surface area (Å²) in [5.74, 6) is -0.485. The summed E-state index contributed by atoms with van der Waals surface area (Å²) in [6.45, 7) is 1.78. The summed E-state index contributed by atoms with van der Waals surface area (Å²) in [6, 6.07) is 16.5. The minimum atomic E-state index is -0.305. The van der Waals surface area contributed by atoms with E-state index in [1.807, 2.05) is 43.3 Å². The van der Waals surface area contributed by atoms with Crippen LogP contribution in [0, 0.1) is 6.92 Å². The minimum Gasteiger partial charge on any atom is -0.324 e. The van der Waals surface area contributed by atoms with Gasteiger partial charge in [0.05, 0.1) is 32.2 Å². The maximum Gasteiger partial charge on any atom is 0.244 e. The third-order valence-corrected chi connectivity index (χ3v) is 6.74. The van der Waals surface area contributed by atoms with E-state index in [4.69, 9.17) is 16.6 Å². The van der Waals surface area contributed by atoms with Crippen molar-refractivity contribution in [1.29, 1.82) is 0 Å². The van der Waals surface area contributed by atoms with Crippen molar-refractivity contribution < 1.29 is 9.59 Å². The zero-order valence-corrected chi connectivity index (χ0v) is 19.1. The molecule has 3 aromatic rings. The normalized spacial score (nSPS) is 13.5. The molecule has 0 radical (unpaired) electrons. The molecule has 2 amide bonds. The second-order valence-electron chi connectivity index (χ2n) is 6.82. The van der Waals surface area contributed by atoms with Crippen molar-refractivity contribution >= 4 is 73.5 Å². The maximum absolute atomic E-state index is 13.1. The molecular formula is C22H17BrClN3O2S. The van der Waals surface area contributed by atoms with Gasteiger partial charge in [0.1, 0.15) is 6.54 Å². The molecule has 0 bridgehead atoms. The van der Waals surface area contributed by atoms with Crippen molar-refractivity contribution in [2.45, 2.75) is 13.3 Å². The van der Waals surface area contributed by atoms with Crippen molar-refractivity contribution in [3.63, 3.8) is 0 Å². The molecule has 0 atom stereocenters. The highest BCUT2D eigenvalue weighted by Crippen LogP contribution is 2.34. The van der Waals surface area contributed by atoms with Crippen LogP contribution in [-0.4, -0.2) is 24.1 Å². The van der Waals surface area contributed by atoms with Crippen LogP contribution in [-0.2, 0) is 9.59 Å². The Balaban J connectivity index is 1.59. The third kappa shape index (κ3) is 4.48. The van der Waals surface area contributed by atoms with Crippen LogP contribution in [0.4, 0.5) is 17.1 Å². The largest absolute Gasteiger partial charge is 0.324 e. The number of aliphatic imine (C=N–C) groups is 1. The van der Waals surface area contributed by atoms with Gasteiger partial charge >= 0.3 is 0 Å². The molecule has 0 saturated carbocycles. The van der Waals surface area contributed by atoms with Gasteiger partial charge in [-0.05, 0) is 64.8 Å². The summed E-state index contributed by atoms with van der Waals surface area (Å²) in [7, 11) is 0. The fraction of sp³-hybridized carbons (Fsp3) is 0.136. The van der Waals surface area contributed by atoms with E-state index < -0.39 is 0 Å². The van der Waals surface area contributed by atoms with Gasteiger partial charge in [-0.2, -0.15) is 0 Å². The van der Waals surface area contributed by atoms with Gasteiger partial charge in [0.15, 0.2) is 0 Å². The lowest BCUT2D eigenvalue weighted by atomic mass is 10.2. The number of carbonyl (C=O) groups is 2. The number of halogens is 2. The van der Waals surface area contributed by atoms with Gasteiger partial charge in [-0.15, -0.1) is 11.3 Å². The Morgan fingerprint density at radius 3 is 2.77 bits per heavy atom. The number of amides is 2. The van der Waals surface area contributed by atoms with Gasteiger partial charge in [0.25, 0.3) is 0 Å². The van der Waals surface area contributed by atoms with Crippen LogP contribution >= 0.6 is 38.9 Å². The molecule has 152 valence electrons. The Labute approximate surface area is 191 Å². The molecule has 2 aromatic carbocycles. The van der Waals surface area contributed by atoms with Crippen LogP contribution in [0.5, 0.6) is 0 Å². The molecule has 0 unspecified atom stereocenters.